The number of nitrogens with two attached hydrogens (primary N) is 1. The van der Waals surface area contributed by atoms with Crippen LogP contribution in [0.3, 0.4) is 0 Å². The van der Waals surface area contributed by atoms with E-state index in [1.807, 2.05) is 0 Å². The number of nitrogen functional groups attached to an aromatic ring is 1. The topological polar surface area (TPSA) is 72.9 Å². The summed E-state index contributed by atoms with van der Waals surface area (Å²) in [7, 11) is 1.79. The second kappa shape index (κ2) is 9.45. The molecule has 1 fully saturated rings. The van der Waals surface area contributed by atoms with Gasteiger partial charge in [-0.25, -0.2) is 23.7 Å². The number of hydrogen-bond donors (Lipinski definition) is 1. The molecule has 2 aromatic heterocycles. The number of alkyl halides is 3. The van der Waals surface area contributed by atoms with Crippen LogP contribution >= 0.6 is 0 Å². The SMILES string of the molecule is Cn1cc(-c2ccc(F)c(C(F)(F)F)c2)nc1C1CCN(c2ncnc(N)c2-c2cccc(F)c2)CC1. The van der Waals surface area contributed by atoms with Crippen LogP contribution in [-0.2, 0) is 13.2 Å². The van der Waals surface area contributed by atoms with Crippen LogP contribution in [0, 0.1) is 11.6 Å². The fourth-order valence-electron chi connectivity index (χ4n) is 4.80. The van der Waals surface area contributed by atoms with Crippen LogP contribution in [0.5, 0.6) is 0 Å². The van der Waals surface area contributed by atoms with Crippen molar-refractivity contribution in [3.8, 4) is 22.4 Å². The molecule has 1 aliphatic rings. The van der Waals surface area contributed by atoms with E-state index in [0.29, 0.717) is 48.6 Å². The maximum absolute atomic E-state index is 13.9. The van der Waals surface area contributed by atoms with E-state index in [2.05, 4.69) is 19.9 Å². The van der Waals surface area contributed by atoms with Crippen molar-refractivity contribution in [1.29, 1.82) is 0 Å². The Kier molecular flexibility index (Phi) is 6.30. The average Bonchev–Trinajstić information content (AvgIpc) is 3.25. The zero-order valence-electron chi connectivity index (χ0n) is 19.8. The first kappa shape index (κ1) is 24.7. The molecular weight excluding hydrogens is 491 g/mol. The summed E-state index contributed by atoms with van der Waals surface area (Å²) in [5.41, 5.74) is 6.53. The van der Waals surface area contributed by atoms with E-state index in [1.165, 1.54) is 24.5 Å². The standard InChI is InChI=1S/C26H23F5N6/c1-36-13-21(16-5-6-20(28)19(12-16)26(29,30)31)35-24(36)15-7-9-37(10-8-15)25-22(23(32)33-14-34-25)17-3-2-4-18(27)11-17/h2-6,11-15H,7-10H2,1H3,(H2,32,33,34). The average molecular weight is 515 g/mol. The summed E-state index contributed by atoms with van der Waals surface area (Å²) in [5.74, 6) is -0.0521. The Bertz CT molecular complexity index is 1440. The minimum Gasteiger partial charge on any atom is -0.383 e. The highest BCUT2D eigenvalue weighted by molar-refractivity contribution is 5.84. The van der Waals surface area contributed by atoms with Crippen LogP contribution in [0.4, 0.5) is 33.6 Å². The van der Waals surface area contributed by atoms with Crippen molar-refractivity contribution in [2.45, 2.75) is 24.9 Å². The minimum absolute atomic E-state index is 0.0503. The van der Waals surface area contributed by atoms with E-state index in [-0.39, 0.29) is 23.1 Å². The molecule has 4 aromatic rings. The van der Waals surface area contributed by atoms with E-state index < -0.39 is 17.6 Å². The Labute approximate surface area is 209 Å². The van der Waals surface area contributed by atoms with Gasteiger partial charge in [0.25, 0.3) is 0 Å². The van der Waals surface area contributed by atoms with E-state index in [9.17, 15) is 22.0 Å². The molecule has 3 heterocycles. The van der Waals surface area contributed by atoms with Gasteiger partial charge < -0.3 is 15.2 Å². The maximum atomic E-state index is 13.9. The quantitative estimate of drug-likeness (QED) is 0.348. The van der Waals surface area contributed by atoms with Gasteiger partial charge in [0.1, 0.15) is 35.4 Å². The number of rotatable bonds is 4. The predicted octanol–water partition coefficient (Wildman–Crippen LogP) is 5.81. The zero-order chi connectivity index (χ0) is 26.3. The molecular formula is C26H23F5N6. The Morgan fingerprint density at radius 1 is 0.973 bits per heavy atom. The monoisotopic (exact) mass is 514 g/mol. The summed E-state index contributed by atoms with van der Waals surface area (Å²) in [6.45, 7) is 1.22. The number of nitrogens with zero attached hydrogens (tertiary/aromatic N) is 5. The molecule has 0 radical (unpaired) electrons. The zero-order valence-corrected chi connectivity index (χ0v) is 19.8. The van der Waals surface area contributed by atoms with Gasteiger partial charge in [0.05, 0.1) is 16.8 Å². The van der Waals surface area contributed by atoms with Crippen molar-refractivity contribution >= 4 is 11.6 Å². The Hall–Kier alpha value is -4.02. The maximum Gasteiger partial charge on any atom is 0.419 e. The van der Waals surface area contributed by atoms with Crippen LogP contribution in [-0.4, -0.2) is 32.6 Å². The molecule has 0 saturated carbocycles. The lowest BCUT2D eigenvalue weighted by atomic mass is 9.95. The first-order chi connectivity index (χ1) is 17.6. The third-order valence-corrected chi connectivity index (χ3v) is 6.61. The van der Waals surface area contributed by atoms with E-state index in [4.69, 9.17) is 5.73 Å². The highest BCUT2D eigenvalue weighted by atomic mass is 19.4. The van der Waals surface area contributed by atoms with E-state index in [0.717, 1.165) is 18.0 Å². The number of hydrogen-bond acceptors (Lipinski definition) is 5. The molecule has 11 heteroatoms. The van der Waals surface area contributed by atoms with Crippen molar-refractivity contribution in [3.05, 3.63) is 78.0 Å². The van der Waals surface area contributed by atoms with Gasteiger partial charge in [0.2, 0.25) is 0 Å². The number of aryl methyl sites for hydroxylation is 1. The summed E-state index contributed by atoms with van der Waals surface area (Å²) >= 11 is 0. The van der Waals surface area contributed by atoms with Gasteiger partial charge in [0, 0.05) is 37.8 Å². The number of halogens is 5. The summed E-state index contributed by atoms with van der Waals surface area (Å²) in [6, 6.07) is 9.00. The first-order valence-electron chi connectivity index (χ1n) is 11.6. The molecule has 0 unspecified atom stereocenters. The molecule has 2 N–H and O–H groups in total. The number of imidazole rings is 1. The van der Waals surface area contributed by atoms with Gasteiger partial charge in [-0.1, -0.05) is 12.1 Å². The normalized spacial score (nSPS) is 14.8. The van der Waals surface area contributed by atoms with Crippen LogP contribution in [0.1, 0.15) is 30.1 Å². The lowest BCUT2D eigenvalue weighted by molar-refractivity contribution is -0.139. The number of piperidine rings is 1. The predicted molar refractivity (Wildman–Crippen MR) is 130 cm³/mol. The number of anilines is 2. The lowest BCUT2D eigenvalue weighted by Gasteiger charge is -2.33. The fraction of sp³-hybridized carbons (Fsp3) is 0.269. The molecule has 2 aromatic carbocycles. The molecule has 37 heavy (non-hydrogen) atoms. The second-order valence-electron chi connectivity index (χ2n) is 9.02. The van der Waals surface area contributed by atoms with Gasteiger partial charge in [-0.05, 0) is 48.7 Å². The van der Waals surface area contributed by atoms with Crippen molar-refractivity contribution in [2.75, 3.05) is 23.7 Å². The van der Waals surface area contributed by atoms with Gasteiger partial charge in [-0.2, -0.15) is 13.2 Å². The van der Waals surface area contributed by atoms with Crippen LogP contribution < -0.4 is 10.6 Å². The second-order valence-corrected chi connectivity index (χ2v) is 9.02. The Balaban J connectivity index is 1.37. The highest BCUT2D eigenvalue weighted by Crippen LogP contribution is 2.38. The molecule has 1 aliphatic heterocycles. The third-order valence-electron chi connectivity index (χ3n) is 6.61. The fourth-order valence-corrected chi connectivity index (χ4v) is 4.80. The molecule has 6 nitrogen and oxygen atoms in total. The number of benzene rings is 2. The summed E-state index contributed by atoms with van der Waals surface area (Å²) in [5, 5.41) is 0. The molecule has 192 valence electrons. The van der Waals surface area contributed by atoms with Crippen molar-refractivity contribution in [2.24, 2.45) is 7.05 Å². The summed E-state index contributed by atoms with van der Waals surface area (Å²) < 4.78 is 68.9. The van der Waals surface area contributed by atoms with Crippen molar-refractivity contribution in [3.63, 3.8) is 0 Å². The van der Waals surface area contributed by atoms with E-state index in [1.54, 1.807) is 29.9 Å². The Morgan fingerprint density at radius 3 is 2.43 bits per heavy atom. The van der Waals surface area contributed by atoms with E-state index >= 15 is 0 Å². The summed E-state index contributed by atoms with van der Waals surface area (Å²) in [6.07, 6.45) is -0.355. The van der Waals surface area contributed by atoms with Gasteiger partial charge in [-0.15, -0.1) is 0 Å². The van der Waals surface area contributed by atoms with Gasteiger partial charge in [0.15, 0.2) is 0 Å². The lowest BCUT2D eigenvalue weighted by Crippen LogP contribution is -2.34. The molecule has 0 atom stereocenters. The highest BCUT2D eigenvalue weighted by Gasteiger charge is 2.34. The molecule has 1 saturated heterocycles. The van der Waals surface area contributed by atoms with Gasteiger partial charge in [-0.3, -0.25) is 0 Å². The minimum atomic E-state index is -4.79. The van der Waals surface area contributed by atoms with Crippen LogP contribution in [0.15, 0.2) is 55.0 Å². The Morgan fingerprint density at radius 2 is 1.73 bits per heavy atom. The molecule has 0 aliphatic carbocycles. The molecule has 5 rings (SSSR count). The molecule has 0 bridgehead atoms. The summed E-state index contributed by atoms with van der Waals surface area (Å²) in [4.78, 5) is 15.2. The molecule has 0 amide bonds. The van der Waals surface area contributed by atoms with Crippen LogP contribution in [0.2, 0.25) is 0 Å². The van der Waals surface area contributed by atoms with Crippen LogP contribution in [0.25, 0.3) is 22.4 Å². The smallest absolute Gasteiger partial charge is 0.383 e. The first-order valence-corrected chi connectivity index (χ1v) is 11.6. The largest absolute Gasteiger partial charge is 0.419 e. The number of aromatic nitrogens is 4. The molecule has 0 spiro atoms. The van der Waals surface area contributed by atoms with Crippen molar-refractivity contribution in [1.82, 2.24) is 19.5 Å². The van der Waals surface area contributed by atoms with Gasteiger partial charge >= 0.3 is 6.18 Å². The van der Waals surface area contributed by atoms with Crippen molar-refractivity contribution < 1.29 is 22.0 Å². The third kappa shape index (κ3) is 4.85.